The van der Waals surface area contributed by atoms with Crippen molar-refractivity contribution in [2.45, 2.75) is 59.2 Å². The molecule has 1 unspecified atom stereocenters. The van der Waals surface area contributed by atoms with Crippen LogP contribution in [0.5, 0.6) is 0 Å². The van der Waals surface area contributed by atoms with Crippen LogP contribution in [0.15, 0.2) is 18.5 Å². The SMILES string of the molecule is CC(C#N)(NC(=O)[C@@H]1[C@@H]2[C@H](CN1C(=O)[C@@H](N)C(C)(C)C)C2(C)C)c1cncc(Cl)c1. The fourth-order valence-corrected chi connectivity index (χ4v) is 4.71. The minimum atomic E-state index is -1.33. The van der Waals surface area contributed by atoms with Crippen LogP contribution in [0.4, 0.5) is 0 Å². The highest BCUT2D eigenvalue weighted by Crippen LogP contribution is 2.65. The number of nitriles is 1. The van der Waals surface area contributed by atoms with Crippen molar-refractivity contribution in [3.8, 4) is 6.07 Å². The Kier molecular flexibility index (Phi) is 5.41. The number of carbonyl (C=O) groups is 2. The number of carbonyl (C=O) groups excluding carboxylic acids is 2. The van der Waals surface area contributed by atoms with Gasteiger partial charge in [0.05, 0.1) is 17.1 Å². The molecule has 1 aliphatic carbocycles. The van der Waals surface area contributed by atoms with Gasteiger partial charge in [-0.15, -0.1) is 0 Å². The summed E-state index contributed by atoms with van der Waals surface area (Å²) in [5, 5.41) is 13.1. The molecule has 2 amide bonds. The molecule has 0 spiro atoms. The lowest BCUT2D eigenvalue weighted by molar-refractivity contribution is -0.143. The van der Waals surface area contributed by atoms with E-state index in [0.717, 1.165) is 0 Å². The summed E-state index contributed by atoms with van der Waals surface area (Å²) < 4.78 is 0. The van der Waals surface area contributed by atoms with Gasteiger partial charge in [0.15, 0.2) is 5.54 Å². The third-order valence-corrected chi connectivity index (χ3v) is 7.04. The van der Waals surface area contributed by atoms with Crippen LogP contribution in [0.25, 0.3) is 0 Å². The van der Waals surface area contributed by atoms with E-state index in [9.17, 15) is 14.9 Å². The molecule has 2 fully saturated rings. The molecule has 1 aromatic heterocycles. The van der Waals surface area contributed by atoms with E-state index in [1.807, 2.05) is 20.8 Å². The topological polar surface area (TPSA) is 112 Å². The number of fused-ring (bicyclic) bond motifs is 1. The molecule has 30 heavy (non-hydrogen) atoms. The number of hydrogen-bond acceptors (Lipinski definition) is 5. The average molecular weight is 432 g/mol. The Hall–Kier alpha value is -2.17. The smallest absolute Gasteiger partial charge is 0.244 e. The molecule has 0 aromatic carbocycles. The van der Waals surface area contributed by atoms with Crippen molar-refractivity contribution in [2.75, 3.05) is 6.54 Å². The zero-order valence-electron chi connectivity index (χ0n) is 18.4. The van der Waals surface area contributed by atoms with Crippen molar-refractivity contribution >= 4 is 23.4 Å². The van der Waals surface area contributed by atoms with Crippen molar-refractivity contribution < 1.29 is 9.59 Å². The maximum absolute atomic E-state index is 13.4. The zero-order chi connectivity index (χ0) is 22.6. The summed E-state index contributed by atoms with van der Waals surface area (Å²) in [6.07, 6.45) is 2.97. The van der Waals surface area contributed by atoms with Crippen molar-refractivity contribution in [1.82, 2.24) is 15.2 Å². The second-order valence-corrected chi connectivity index (χ2v) is 10.8. The third-order valence-electron chi connectivity index (χ3n) is 6.84. The Morgan fingerprint density at radius 1 is 1.37 bits per heavy atom. The van der Waals surface area contributed by atoms with Gasteiger partial charge in [-0.05, 0) is 35.7 Å². The van der Waals surface area contributed by atoms with E-state index in [1.54, 1.807) is 17.9 Å². The number of halogens is 1. The number of nitrogens with one attached hydrogen (secondary N) is 1. The molecule has 2 heterocycles. The number of pyridine rings is 1. The number of likely N-dealkylation sites (tertiary alicyclic amines) is 1. The van der Waals surface area contributed by atoms with E-state index in [1.165, 1.54) is 12.4 Å². The second-order valence-electron chi connectivity index (χ2n) is 10.4. The number of aromatic nitrogens is 1. The molecule has 0 radical (unpaired) electrons. The van der Waals surface area contributed by atoms with Crippen molar-refractivity contribution in [3.05, 3.63) is 29.0 Å². The zero-order valence-corrected chi connectivity index (χ0v) is 19.1. The van der Waals surface area contributed by atoms with Gasteiger partial charge in [0.1, 0.15) is 6.04 Å². The van der Waals surface area contributed by atoms with Crippen LogP contribution < -0.4 is 11.1 Å². The molecular formula is C22H30ClN5O2. The van der Waals surface area contributed by atoms with Crippen molar-refractivity contribution in [1.29, 1.82) is 5.26 Å². The maximum atomic E-state index is 13.4. The molecule has 7 nitrogen and oxygen atoms in total. The van der Waals surface area contributed by atoms with Gasteiger partial charge in [-0.1, -0.05) is 46.2 Å². The van der Waals surface area contributed by atoms with E-state index in [-0.39, 0.29) is 29.1 Å². The number of nitrogens with zero attached hydrogens (tertiary/aromatic N) is 3. The lowest BCUT2D eigenvalue weighted by Gasteiger charge is -2.36. The summed E-state index contributed by atoms with van der Waals surface area (Å²) in [7, 11) is 0. The largest absolute Gasteiger partial charge is 0.333 e. The van der Waals surface area contributed by atoms with Gasteiger partial charge in [0.2, 0.25) is 11.8 Å². The molecule has 1 aliphatic heterocycles. The summed E-state index contributed by atoms with van der Waals surface area (Å²) in [5.41, 5.74) is 4.93. The normalized spacial score (nSPS) is 27.4. The molecule has 1 saturated heterocycles. The quantitative estimate of drug-likeness (QED) is 0.760. The minimum Gasteiger partial charge on any atom is -0.333 e. The van der Waals surface area contributed by atoms with Gasteiger partial charge in [0, 0.05) is 24.5 Å². The first kappa shape index (κ1) is 22.5. The predicted molar refractivity (Wildman–Crippen MR) is 114 cm³/mol. The number of nitrogens with two attached hydrogens (primary N) is 1. The number of piperidine rings is 1. The first-order valence-electron chi connectivity index (χ1n) is 10.1. The highest BCUT2D eigenvalue weighted by Gasteiger charge is 2.69. The van der Waals surface area contributed by atoms with Crippen molar-refractivity contribution in [2.24, 2.45) is 28.4 Å². The van der Waals surface area contributed by atoms with E-state index in [4.69, 9.17) is 17.3 Å². The average Bonchev–Trinajstić information content (AvgIpc) is 3.02. The van der Waals surface area contributed by atoms with Gasteiger partial charge in [-0.2, -0.15) is 5.26 Å². The number of amides is 2. The van der Waals surface area contributed by atoms with E-state index >= 15 is 0 Å². The lowest BCUT2D eigenvalue weighted by Crippen LogP contribution is -2.58. The Labute approximate surface area is 183 Å². The Morgan fingerprint density at radius 2 is 2.00 bits per heavy atom. The molecule has 0 bridgehead atoms. The fourth-order valence-electron chi connectivity index (χ4n) is 4.53. The molecule has 5 atom stereocenters. The summed E-state index contributed by atoms with van der Waals surface area (Å²) in [6.45, 7) is 12.0. The van der Waals surface area contributed by atoms with Crippen LogP contribution in [0, 0.1) is 34.0 Å². The Balaban J connectivity index is 1.89. The van der Waals surface area contributed by atoms with Gasteiger partial charge < -0.3 is 16.0 Å². The molecule has 8 heteroatoms. The first-order valence-corrected chi connectivity index (χ1v) is 10.5. The lowest BCUT2D eigenvalue weighted by atomic mass is 9.86. The molecule has 1 aromatic rings. The number of rotatable bonds is 4. The minimum absolute atomic E-state index is 0.0362. The van der Waals surface area contributed by atoms with Gasteiger partial charge >= 0.3 is 0 Å². The van der Waals surface area contributed by atoms with Gasteiger partial charge in [-0.3, -0.25) is 14.6 Å². The standard InChI is InChI=1S/C22H30ClN5O2/c1-20(2,3)17(25)19(30)28-10-14-15(21(14,4)5)16(28)18(29)27-22(6,11-24)12-7-13(23)9-26-8-12/h7-9,14-17H,10,25H2,1-6H3,(H,27,29)/t14-,15-,16-,17+,22?/m0/s1. The second kappa shape index (κ2) is 7.21. The van der Waals surface area contributed by atoms with Crippen LogP contribution in [0.3, 0.4) is 0 Å². The maximum Gasteiger partial charge on any atom is 0.244 e. The van der Waals surface area contributed by atoms with Crippen LogP contribution >= 0.6 is 11.6 Å². The van der Waals surface area contributed by atoms with Crippen LogP contribution in [0.1, 0.15) is 47.1 Å². The summed E-state index contributed by atoms with van der Waals surface area (Å²) >= 11 is 6.03. The molecule has 162 valence electrons. The van der Waals surface area contributed by atoms with Crippen LogP contribution in [-0.2, 0) is 15.1 Å². The Bertz CT molecular complexity index is 919. The number of hydrogen-bond donors (Lipinski definition) is 2. The van der Waals surface area contributed by atoms with Gasteiger partial charge in [-0.25, -0.2) is 0 Å². The molecule has 3 N–H and O–H groups in total. The summed E-state index contributed by atoms with van der Waals surface area (Å²) in [5.74, 6) is -0.306. The van der Waals surface area contributed by atoms with E-state index in [0.29, 0.717) is 17.1 Å². The molecule has 1 saturated carbocycles. The Morgan fingerprint density at radius 3 is 2.53 bits per heavy atom. The molecular weight excluding hydrogens is 402 g/mol. The third kappa shape index (κ3) is 3.67. The van der Waals surface area contributed by atoms with Crippen LogP contribution in [0.2, 0.25) is 5.02 Å². The van der Waals surface area contributed by atoms with Crippen molar-refractivity contribution in [3.63, 3.8) is 0 Å². The highest BCUT2D eigenvalue weighted by atomic mass is 35.5. The van der Waals surface area contributed by atoms with E-state index in [2.05, 4.69) is 30.2 Å². The summed E-state index contributed by atoms with van der Waals surface area (Å²) in [6, 6.07) is 2.39. The predicted octanol–water partition coefficient (Wildman–Crippen LogP) is 2.45. The van der Waals surface area contributed by atoms with Gasteiger partial charge in [0.25, 0.3) is 0 Å². The fraction of sp³-hybridized carbons (Fsp3) is 0.636. The highest BCUT2D eigenvalue weighted by molar-refractivity contribution is 6.30. The van der Waals surface area contributed by atoms with Crippen LogP contribution in [-0.4, -0.2) is 40.3 Å². The monoisotopic (exact) mass is 431 g/mol. The molecule has 3 rings (SSSR count). The first-order chi connectivity index (χ1) is 13.7. The molecule has 2 aliphatic rings. The summed E-state index contributed by atoms with van der Waals surface area (Å²) in [4.78, 5) is 32.2. The van der Waals surface area contributed by atoms with E-state index < -0.39 is 23.0 Å².